The highest BCUT2D eigenvalue weighted by atomic mass is 16.5. The molecule has 1 aliphatic rings. The van der Waals surface area contributed by atoms with Crippen molar-refractivity contribution in [2.45, 2.75) is 31.8 Å². The SMILES string of the molecule is CNC1CN(c2ccc(OC)cc2OC)C(C)(C)C1. The Morgan fingerprint density at radius 2 is 2.00 bits per heavy atom. The smallest absolute Gasteiger partial charge is 0.145 e. The summed E-state index contributed by atoms with van der Waals surface area (Å²) in [5, 5.41) is 3.37. The van der Waals surface area contributed by atoms with Crippen molar-refractivity contribution in [3.05, 3.63) is 18.2 Å². The highest BCUT2D eigenvalue weighted by Crippen LogP contribution is 2.40. The quantitative estimate of drug-likeness (QED) is 0.904. The number of hydrogen-bond acceptors (Lipinski definition) is 4. The van der Waals surface area contributed by atoms with Crippen LogP contribution in [0.5, 0.6) is 11.5 Å². The van der Waals surface area contributed by atoms with Gasteiger partial charge in [-0.2, -0.15) is 0 Å². The van der Waals surface area contributed by atoms with E-state index in [0.717, 1.165) is 30.2 Å². The van der Waals surface area contributed by atoms with Gasteiger partial charge in [-0.05, 0) is 39.4 Å². The Hall–Kier alpha value is -1.42. The van der Waals surface area contributed by atoms with Crippen molar-refractivity contribution in [2.24, 2.45) is 0 Å². The molecule has 1 saturated heterocycles. The number of likely N-dealkylation sites (N-methyl/N-ethyl adjacent to an activating group) is 1. The van der Waals surface area contributed by atoms with E-state index in [1.54, 1.807) is 14.2 Å². The van der Waals surface area contributed by atoms with E-state index in [2.05, 4.69) is 30.1 Å². The summed E-state index contributed by atoms with van der Waals surface area (Å²) in [4.78, 5) is 2.41. The molecule has 0 amide bonds. The zero-order chi connectivity index (χ0) is 14.0. The molecule has 1 fully saturated rings. The van der Waals surface area contributed by atoms with Crippen LogP contribution >= 0.6 is 0 Å². The lowest BCUT2D eigenvalue weighted by molar-refractivity contribution is 0.392. The Kier molecular flexibility index (Phi) is 3.90. The second-order valence-electron chi connectivity index (χ2n) is 5.65. The van der Waals surface area contributed by atoms with E-state index < -0.39 is 0 Å². The van der Waals surface area contributed by atoms with Gasteiger partial charge in [0, 0.05) is 24.2 Å². The number of nitrogens with one attached hydrogen (secondary N) is 1. The predicted molar refractivity (Wildman–Crippen MR) is 78.4 cm³/mol. The van der Waals surface area contributed by atoms with Gasteiger partial charge >= 0.3 is 0 Å². The monoisotopic (exact) mass is 264 g/mol. The summed E-state index contributed by atoms with van der Waals surface area (Å²) in [5.41, 5.74) is 1.25. The standard InChI is InChI=1S/C15H24N2O2/c1-15(2)9-11(16-3)10-17(15)13-7-6-12(18-4)8-14(13)19-5/h6-8,11,16H,9-10H2,1-5H3. The fourth-order valence-electron chi connectivity index (χ4n) is 2.87. The van der Waals surface area contributed by atoms with Crippen LogP contribution in [0.15, 0.2) is 18.2 Å². The third-order valence-electron chi connectivity index (χ3n) is 3.97. The molecule has 1 heterocycles. The Bertz CT molecular complexity index is 446. The third kappa shape index (κ3) is 2.63. The minimum absolute atomic E-state index is 0.121. The topological polar surface area (TPSA) is 33.7 Å². The molecule has 1 unspecified atom stereocenters. The van der Waals surface area contributed by atoms with E-state index in [4.69, 9.17) is 9.47 Å². The first kappa shape index (κ1) is 14.0. The second kappa shape index (κ2) is 5.29. The first-order valence-corrected chi connectivity index (χ1v) is 6.68. The average Bonchev–Trinajstić information content (AvgIpc) is 2.72. The van der Waals surface area contributed by atoms with E-state index in [1.165, 1.54) is 0 Å². The summed E-state index contributed by atoms with van der Waals surface area (Å²) < 4.78 is 10.8. The lowest BCUT2D eigenvalue weighted by Crippen LogP contribution is -2.38. The van der Waals surface area contributed by atoms with Gasteiger partial charge in [-0.3, -0.25) is 0 Å². The molecule has 0 spiro atoms. The van der Waals surface area contributed by atoms with E-state index in [-0.39, 0.29) is 5.54 Å². The zero-order valence-corrected chi connectivity index (χ0v) is 12.5. The van der Waals surface area contributed by atoms with E-state index in [0.29, 0.717) is 6.04 Å². The van der Waals surface area contributed by atoms with Crippen LogP contribution in [0.3, 0.4) is 0 Å². The molecule has 4 nitrogen and oxygen atoms in total. The maximum atomic E-state index is 5.52. The summed E-state index contributed by atoms with van der Waals surface area (Å²) in [6, 6.07) is 6.53. The fraction of sp³-hybridized carbons (Fsp3) is 0.600. The average molecular weight is 264 g/mol. The van der Waals surface area contributed by atoms with Crippen LogP contribution in [0, 0.1) is 0 Å². The third-order valence-corrected chi connectivity index (χ3v) is 3.97. The Balaban J connectivity index is 2.35. The number of benzene rings is 1. The molecule has 0 bridgehead atoms. The molecular formula is C15H24N2O2. The normalized spacial score (nSPS) is 21.5. The fourth-order valence-corrected chi connectivity index (χ4v) is 2.87. The van der Waals surface area contributed by atoms with Crippen molar-refractivity contribution in [1.29, 1.82) is 0 Å². The minimum Gasteiger partial charge on any atom is -0.497 e. The first-order valence-electron chi connectivity index (χ1n) is 6.68. The van der Waals surface area contributed by atoms with Crippen LogP contribution in [0.4, 0.5) is 5.69 Å². The molecule has 4 heteroatoms. The molecular weight excluding hydrogens is 240 g/mol. The van der Waals surface area contributed by atoms with Gasteiger partial charge in [0.05, 0.1) is 19.9 Å². The first-order chi connectivity index (χ1) is 9.01. The summed E-state index contributed by atoms with van der Waals surface area (Å²) in [5.74, 6) is 1.69. The number of hydrogen-bond donors (Lipinski definition) is 1. The number of anilines is 1. The maximum absolute atomic E-state index is 5.52. The second-order valence-corrected chi connectivity index (χ2v) is 5.65. The molecule has 1 N–H and O–H groups in total. The summed E-state index contributed by atoms with van der Waals surface area (Å²) in [7, 11) is 5.40. The van der Waals surface area contributed by atoms with Crippen LogP contribution in [0.1, 0.15) is 20.3 Å². The molecule has 1 aromatic carbocycles. The van der Waals surface area contributed by atoms with Crippen LogP contribution in [-0.4, -0.2) is 39.4 Å². The van der Waals surface area contributed by atoms with Gasteiger partial charge in [-0.1, -0.05) is 0 Å². The number of rotatable bonds is 4. The molecule has 2 rings (SSSR count). The largest absolute Gasteiger partial charge is 0.497 e. The highest BCUT2D eigenvalue weighted by molar-refractivity contribution is 5.63. The van der Waals surface area contributed by atoms with Crippen LogP contribution in [0.25, 0.3) is 0 Å². The van der Waals surface area contributed by atoms with Gasteiger partial charge in [0.25, 0.3) is 0 Å². The van der Waals surface area contributed by atoms with Crippen molar-refractivity contribution in [3.8, 4) is 11.5 Å². The molecule has 106 valence electrons. The molecule has 0 aliphatic carbocycles. The highest BCUT2D eigenvalue weighted by Gasteiger charge is 2.38. The lowest BCUT2D eigenvalue weighted by atomic mass is 10.00. The molecule has 0 saturated carbocycles. The molecule has 19 heavy (non-hydrogen) atoms. The maximum Gasteiger partial charge on any atom is 0.145 e. The van der Waals surface area contributed by atoms with Crippen molar-refractivity contribution in [1.82, 2.24) is 5.32 Å². The van der Waals surface area contributed by atoms with Crippen molar-refractivity contribution >= 4 is 5.69 Å². The van der Waals surface area contributed by atoms with Gasteiger partial charge in [0.15, 0.2) is 0 Å². The van der Waals surface area contributed by atoms with Gasteiger partial charge in [-0.25, -0.2) is 0 Å². The Labute approximate surface area is 115 Å². The van der Waals surface area contributed by atoms with Crippen molar-refractivity contribution in [2.75, 3.05) is 32.7 Å². The summed E-state index contributed by atoms with van der Waals surface area (Å²) >= 11 is 0. The van der Waals surface area contributed by atoms with E-state index >= 15 is 0 Å². The van der Waals surface area contributed by atoms with Gasteiger partial charge in [0.1, 0.15) is 11.5 Å². The minimum atomic E-state index is 0.121. The molecule has 0 aromatic heterocycles. The van der Waals surface area contributed by atoms with E-state index in [9.17, 15) is 0 Å². The van der Waals surface area contributed by atoms with E-state index in [1.807, 2.05) is 19.2 Å². The van der Waals surface area contributed by atoms with Crippen molar-refractivity contribution < 1.29 is 9.47 Å². The Morgan fingerprint density at radius 1 is 1.26 bits per heavy atom. The van der Waals surface area contributed by atoms with Crippen LogP contribution in [-0.2, 0) is 0 Å². The molecule has 1 aliphatic heterocycles. The summed E-state index contributed by atoms with van der Waals surface area (Å²) in [6.45, 7) is 5.54. The molecule has 1 atom stereocenters. The lowest BCUT2D eigenvalue weighted by Gasteiger charge is -2.34. The van der Waals surface area contributed by atoms with Gasteiger partial charge in [-0.15, -0.1) is 0 Å². The Morgan fingerprint density at radius 3 is 2.53 bits per heavy atom. The van der Waals surface area contributed by atoms with Crippen molar-refractivity contribution in [3.63, 3.8) is 0 Å². The number of ether oxygens (including phenoxy) is 2. The summed E-state index contributed by atoms with van der Waals surface area (Å²) in [6.07, 6.45) is 1.12. The van der Waals surface area contributed by atoms with Crippen LogP contribution < -0.4 is 19.7 Å². The zero-order valence-electron chi connectivity index (χ0n) is 12.5. The van der Waals surface area contributed by atoms with Crippen LogP contribution in [0.2, 0.25) is 0 Å². The molecule has 1 aromatic rings. The number of nitrogens with zero attached hydrogens (tertiary/aromatic N) is 1. The van der Waals surface area contributed by atoms with Gasteiger partial charge in [0.2, 0.25) is 0 Å². The molecule has 0 radical (unpaired) electrons. The predicted octanol–water partition coefficient (Wildman–Crippen LogP) is 2.28. The number of methoxy groups -OCH3 is 2. The van der Waals surface area contributed by atoms with Gasteiger partial charge < -0.3 is 19.7 Å².